The molecule has 0 bridgehead atoms. The highest BCUT2D eigenvalue weighted by atomic mass is 32.2. The van der Waals surface area contributed by atoms with Crippen molar-refractivity contribution in [3.05, 3.63) is 12.7 Å². The maximum absolute atomic E-state index is 12.2. The largest absolute Gasteiger partial charge is 0.387 e. The summed E-state index contributed by atoms with van der Waals surface area (Å²) in [7, 11) is -4.62. The fourth-order valence-electron chi connectivity index (χ4n) is 3.84. The predicted octanol–water partition coefficient (Wildman–Crippen LogP) is -3.34. The molecular formula is C18H26N8O8S. The van der Waals surface area contributed by atoms with Crippen molar-refractivity contribution < 1.29 is 37.1 Å². The highest BCUT2D eigenvalue weighted by molar-refractivity contribution is 7.85. The van der Waals surface area contributed by atoms with Crippen LogP contribution in [-0.4, -0.2) is 93.5 Å². The monoisotopic (exact) mass is 514 g/mol. The summed E-state index contributed by atoms with van der Waals surface area (Å²) >= 11 is 0. The smallest absolute Gasteiger partial charge is 0.362 e. The number of hydrogen-bond donors (Lipinski definition) is 6. The number of nitrogens with zero attached hydrogens (tertiary/aromatic N) is 4. The van der Waals surface area contributed by atoms with E-state index in [1.165, 1.54) is 24.1 Å². The zero-order valence-electron chi connectivity index (χ0n) is 18.6. The van der Waals surface area contributed by atoms with Crippen molar-refractivity contribution in [3.63, 3.8) is 0 Å². The lowest BCUT2D eigenvalue weighted by atomic mass is 10.1. The fourth-order valence-corrected chi connectivity index (χ4v) is 4.63. The van der Waals surface area contributed by atoms with Gasteiger partial charge in [-0.25, -0.2) is 19.7 Å². The van der Waals surface area contributed by atoms with Crippen LogP contribution in [0.1, 0.15) is 26.0 Å². The van der Waals surface area contributed by atoms with E-state index in [0.717, 1.165) is 6.42 Å². The van der Waals surface area contributed by atoms with Gasteiger partial charge < -0.3 is 31.3 Å². The lowest BCUT2D eigenvalue weighted by molar-refractivity contribution is -0.128. The van der Waals surface area contributed by atoms with Crippen LogP contribution in [0.25, 0.3) is 11.2 Å². The number of nitrogen functional groups attached to an aromatic ring is 1. The molecule has 2 aromatic heterocycles. The Morgan fingerprint density at radius 3 is 2.83 bits per heavy atom. The molecule has 2 saturated heterocycles. The fraction of sp³-hybridized carbons (Fsp3) is 0.611. The maximum atomic E-state index is 12.2. The van der Waals surface area contributed by atoms with Gasteiger partial charge in [-0.1, -0.05) is 0 Å². The van der Waals surface area contributed by atoms with E-state index in [-0.39, 0.29) is 17.0 Å². The second-order valence-electron chi connectivity index (χ2n) is 8.21. The van der Waals surface area contributed by atoms with E-state index in [4.69, 9.17) is 14.7 Å². The Hall–Kier alpha value is -2.96. The zero-order chi connectivity index (χ0) is 25.3. The van der Waals surface area contributed by atoms with Crippen LogP contribution in [0, 0.1) is 0 Å². The molecule has 7 N–H and O–H groups in total. The molecule has 0 saturated carbocycles. The topological polar surface area (TPSA) is 233 Å². The van der Waals surface area contributed by atoms with Crippen molar-refractivity contribution >= 4 is 39.1 Å². The second kappa shape index (κ2) is 9.96. The number of carbonyl (C=O) groups is 2. The molecule has 192 valence electrons. The standard InChI is InChI=1S/C18H26N8O8S/c1-8(24-17(30)9-3-2-4-20-9)16(29)25-35(31,32)33-5-10-12(27)13(28)18(34-10)26-7-23-11-14(19)21-6-22-15(11)26/h6-10,12-13,18,20,27-28H,2-5H2,1H3,(H,24,30)(H,25,29)(H2,19,21,22)/t8-,9-,10+,12+,13+,18+/m0/s1. The molecule has 0 aliphatic carbocycles. The Balaban J connectivity index is 1.33. The average Bonchev–Trinajstić information content (AvgIpc) is 3.54. The number of aromatic nitrogens is 4. The highest BCUT2D eigenvalue weighted by Gasteiger charge is 2.45. The van der Waals surface area contributed by atoms with Gasteiger partial charge >= 0.3 is 10.3 Å². The molecule has 2 fully saturated rings. The first-order chi connectivity index (χ1) is 16.6. The lowest BCUT2D eigenvalue weighted by Gasteiger charge is -2.18. The number of hydrogen-bond acceptors (Lipinski definition) is 13. The van der Waals surface area contributed by atoms with Gasteiger partial charge in [0.25, 0.3) is 5.91 Å². The van der Waals surface area contributed by atoms with Crippen LogP contribution in [0.5, 0.6) is 0 Å². The summed E-state index contributed by atoms with van der Waals surface area (Å²) in [5.41, 5.74) is 6.24. The molecular weight excluding hydrogens is 488 g/mol. The summed E-state index contributed by atoms with van der Waals surface area (Å²) in [4.78, 5) is 36.2. The third-order valence-corrected chi connectivity index (χ3v) is 6.64. The van der Waals surface area contributed by atoms with Gasteiger partial charge in [0.1, 0.15) is 36.2 Å². The highest BCUT2D eigenvalue weighted by Crippen LogP contribution is 2.32. The quantitative estimate of drug-likeness (QED) is 0.202. The number of ether oxygens (including phenoxy) is 1. The minimum absolute atomic E-state index is 0.105. The number of imidazole rings is 1. The Bertz CT molecular complexity index is 1200. The van der Waals surface area contributed by atoms with Gasteiger partial charge in [0.2, 0.25) is 5.91 Å². The van der Waals surface area contributed by atoms with Crippen LogP contribution >= 0.6 is 0 Å². The Morgan fingerprint density at radius 1 is 1.34 bits per heavy atom. The molecule has 35 heavy (non-hydrogen) atoms. The van der Waals surface area contributed by atoms with Crippen LogP contribution in [-0.2, 0) is 28.8 Å². The molecule has 4 rings (SSSR count). The van der Waals surface area contributed by atoms with Crippen molar-refractivity contribution in [3.8, 4) is 0 Å². The van der Waals surface area contributed by atoms with Gasteiger partial charge in [0, 0.05) is 0 Å². The summed E-state index contributed by atoms with van der Waals surface area (Å²) in [5, 5.41) is 26.2. The number of anilines is 1. The Morgan fingerprint density at radius 2 is 2.11 bits per heavy atom. The molecule has 2 aliphatic heterocycles. The van der Waals surface area contributed by atoms with E-state index in [9.17, 15) is 28.2 Å². The number of aliphatic hydroxyl groups is 2. The SMILES string of the molecule is C[C@H](NC(=O)[C@@H]1CCCN1)C(=O)NS(=O)(=O)OC[C@H]1O[C@@H](n2cnc3c(N)ncnc32)[C@H](O)[C@@H]1O. The van der Waals surface area contributed by atoms with E-state index in [1.807, 2.05) is 0 Å². The normalized spacial score (nSPS) is 27.7. The van der Waals surface area contributed by atoms with E-state index >= 15 is 0 Å². The number of nitrogens with two attached hydrogens (primary N) is 1. The van der Waals surface area contributed by atoms with Crippen molar-refractivity contribution in [1.29, 1.82) is 0 Å². The van der Waals surface area contributed by atoms with Crippen molar-refractivity contribution in [2.45, 2.75) is 56.4 Å². The van der Waals surface area contributed by atoms with Gasteiger partial charge in [0.15, 0.2) is 17.7 Å². The predicted molar refractivity (Wildman–Crippen MR) is 117 cm³/mol. The third kappa shape index (κ3) is 5.34. The molecule has 0 spiro atoms. The van der Waals surface area contributed by atoms with Crippen LogP contribution < -0.4 is 21.1 Å². The molecule has 2 amide bonds. The third-order valence-electron chi connectivity index (χ3n) is 5.74. The first-order valence-electron chi connectivity index (χ1n) is 10.8. The summed E-state index contributed by atoms with van der Waals surface area (Å²) < 4.78 is 37.9. The summed E-state index contributed by atoms with van der Waals surface area (Å²) in [5.74, 6) is -1.32. The summed E-state index contributed by atoms with van der Waals surface area (Å²) in [6.07, 6.45) is -1.53. The summed E-state index contributed by atoms with van der Waals surface area (Å²) in [6.45, 7) is 1.30. The van der Waals surface area contributed by atoms with Gasteiger partial charge in [-0.2, -0.15) is 8.42 Å². The first-order valence-corrected chi connectivity index (χ1v) is 12.2. The zero-order valence-corrected chi connectivity index (χ0v) is 19.4. The lowest BCUT2D eigenvalue weighted by Crippen LogP contribution is -2.51. The molecule has 0 radical (unpaired) electrons. The van der Waals surface area contributed by atoms with E-state index in [1.54, 1.807) is 4.72 Å². The minimum atomic E-state index is -4.62. The van der Waals surface area contributed by atoms with E-state index in [2.05, 4.69) is 25.6 Å². The maximum Gasteiger partial charge on any atom is 0.362 e. The molecule has 0 aromatic carbocycles. The van der Waals surface area contributed by atoms with Crippen LogP contribution in [0.4, 0.5) is 5.82 Å². The number of carbonyl (C=O) groups excluding carboxylic acids is 2. The molecule has 16 nitrogen and oxygen atoms in total. The Kier molecular flexibility index (Phi) is 7.15. The Labute approximate surface area is 199 Å². The van der Waals surface area contributed by atoms with Gasteiger partial charge in [-0.3, -0.25) is 18.3 Å². The molecule has 4 heterocycles. The molecule has 2 aromatic rings. The average molecular weight is 515 g/mol. The van der Waals surface area contributed by atoms with Gasteiger partial charge in [-0.15, -0.1) is 0 Å². The number of aliphatic hydroxyl groups excluding tert-OH is 2. The molecule has 6 atom stereocenters. The minimum Gasteiger partial charge on any atom is -0.387 e. The van der Waals surface area contributed by atoms with E-state index < -0.39 is 65.3 Å². The first kappa shape index (κ1) is 25.1. The van der Waals surface area contributed by atoms with Gasteiger partial charge in [-0.05, 0) is 26.3 Å². The van der Waals surface area contributed by atoms with Crippen LogP contribution in [0.15, 0.2) is 12.7 Å². The van der Waals surface area contributed by atoms with Crippen LogP contribution in [0.2, 0.25) is 0 Å². The summed E-state index contributed by atoms with van der Waals surface area (Å²) in [6, 6.07) is -1.58. The number of rotatable bonds is 8. The number of amides is 2. The molecule has 2 aliphatic rings. The number of fused-ring (bicyclic) bond motifs is 1. The number of nitrogens with one attached hydrogen (secondary N) is 3. The van der Waals surface area contributed by atoms with Crippen molar-refractivity contribution in [2.24, 2.45) is 0 Å². The van der Waals surface area contributed by atoms with Crippen molar-refractivity contribution in [2.75, 3.05) is 18.9 Å². The second-order valence-corrected chi connectivity index (χ2v) is 9.56. The van der Waals surface area contributed by atoms with Crippen LogP contribution in [0.3, 0.4) is 0 Å². The molecule has 17 heteroatoms. The van der Waals surface area contributed by atoms with Crippen molar-refractivity contribution in [1.82, 2.24) is 34.9 Å². The van der Waals surface area contributed by atoms with E-state index in [0.29, 0.717) is 13.0 Å². The molecule has 0 unspecified atom stereocenters. The van der Waals surface area contributed by atoms with Gasteiger partial charge in [0.05, 0.1) is 19.0 Å².